The van der Waals surface area contributed by atoms with Crippen molar-refractivity contribution >= 4 is 40.8 Å². The average molecular weight is 457 g/mol. The van der Waals surface area contributed by atoms with Gasteiger partial charge in [0.2, 0.25) is 0 Å². The van der Waals surface area contributed by atoms with Crippen molar-refractivity contribution in [1.82, 2.24) is 15.6 Å². The Balaban J connectivity index is 0.00000243. The van der Waals surface area contributed by atoms with Gasteiger partial charge in [0.25, 0.3) is 0 Å². The second-order valence-electron chi connectivity index (χ2n) is 5.58. The number of nitrogens with zero attached hydrogens (tertiary/aromatic N) is 3. The summed E-state index contributed by atoms with van der Waals surface area (Å²) in [5.41, 5.74) is 3.92. The van der Waals surface area contributed by atoms with Gasteiger partial charge in [0.1, 0.15) is 0 Å². The van der Waals surface area contributed by atoms with Crippen LogP contribution >= 0.6 is 24.0 Å². The van der Waals surface area contributed by atoms with Crippen LogP contribution < -0.4 is 10.6 Å². The Labute approximate surface area is 170 Å². The number of pyridine rings is 1. The molecule has 6 heteroatoms. The molecule has 0 aliphatic carbocycles. The van der Waals surface area contributed by atoms with Gasteiger partial charge in [-0.3, -0.25) is 9.98 Å². The Hall–Kier alpha value is -2.66. The maximum Gasteiger partial charge on any atom is 0.191 e. The summed E-state index contributed by atoms with van der Waals surface area (Å²) in [7, 11) is 1.75. The van der Waals surface area contributed by atoms with Gasteiger partial charge >= 0.3 is 0 Å². The molecule has 0 unspecified atom stereocenters. The highest BCUT2D eigenvalue weighted by atomic mass is 127. The van der Waals surface area contributed by atoms with Crippen LogP contribution in [0.2, 0.25) is 0 Å². The molecule has 0 fully saturated rings. The highest BCUT2D eigenvalue weighted by molar-refractivity contribution is 14.0. The maximum absolute atomic E-state index is 8.84. The minimum Gasteiger partial charge on any atom is -0.352 e. The lowest BCUT2D eigenvalue weighted by atomic mass is 10.1. The number of guanidine groups is 1. The minimum absolute atomic E-state index is 0. The normalized spacial score (nSPS) is 10.7. The number of aromatic nitrogens is 1. The first kappa shape index (κ1) is 19.7. The summed E-state index contributed by atoms with van der Waals surface area (Å²) in [6.45, 7) is 1.30. The van der Waals surface area contributed by atoms with Crippen LogP contribution in [0.3, 0.4) is 0 Å². The fraction of sp³-hybridized carbons (Fsp3) is 0.150. The molecule has 2 N–H and O–H groups in total. The third kappa shape index (κ3) is 4.92. The van der Waals surface area contributed by atoms with E-state index in [1.165, 1.54) is 5.56 Å². The van der Waals surface area contributed by atoms with E-state index in [2.05, 4.69) is 32.7 Å². The third-order valence-corrected chi connectivity index (χ3v) is 3.95. The predicted octanol–water partition coefficient (Wildman–Crippen LogP) is 3.59. The Morgan fingerprint density at radius 2 is 1.77 bits per heavy atom. The molecule has 2 aromatic carbocycles. The van der Waals surface area contributed by atoms with Crippen LogP contribution in [0.1, 0.15) is 16.7 Å². The molecule has 0 aliphatic rings. The number of aliphatic imine (C=N–C) groups is 1. The summed E-state index contributed by atoms with van der Waals surface area (Å²) in [5, 5.41) is 16.6. The first-order chi connectivity index (χ1) is 12.3. The lowest BCUT2D eigenvalue weighted by Gasteiger charge is -2.13. The van der Waals surface area contributed by atoms with E-state index in [0.717, 1.165) is 22.4 Å². The number of fused-ring (bicyclic) bond motifs is 1. The van der Waals surface area contributed by atoms with Gasteiger partial charge in [-0.05, 0) is 35.4 Å². The number of nitrogens with one attached hydrogen (secondary N) is 2. The summed E-state index contributed by atoms with van der Waals surface area (Å²) in [4.78, 5) is 8.64. The maximum atomic E-state index is 8.84. The van der Waals surface area contributed by atoms with Crippen molar-refractivity contribution in [2.24, 2.45) is 4.99 Å². The van der Waals surface area contributed by atoms with Crippen molar-refractivity contribution in [2.75, 3.05) is 7.05 Å². The zero-order valence-electron chi connectivity index (χ0n) is 14.4. The Bertz CT molecular complexity index is 924. The van der Waals surface area contributed by atoms with E-state index in [-0.39, 0.29) is 24.0 Å². The van der Waals surface area contributed by atoms with Crippen LogP contribution in [0, 0.1) is 11.3 Å². The lowest BCUT2D eigenvalue weighted by molar-refractivity contribution is 0.811. The van der Waals surface area contributed by atoms with Crippen molar-refractivity contribution in [3.05, 3.63) is 77.5 Å². The van der Waals surface area contributed by atoms with Gasteiger partial charge in [0.15, 0.2) is 5.96 Å². The van der Waals surface area contributed by atoms with E-state index in [9.17, 15) is 0 Å². The van der Waals surface area contributed by atoms with Gasteiger partial charge < -0.3 is 10.6 Å². The molecule has 0 saturated carbocycles. The molecule has 26 heavy (non-hydrogen) atoms. The Morgan fingerprint density at radius 1 is 1.04 bits per heavy atom. The van der Waals surface area contributed by atoms with Crippen molar-refractivity contribution in [1.29, 1.82) is 5.26 Å². The first-order valence-corrected chi connectivity index (χ1v) is 8.06. The number of hydrogen-bond donors (Lipinski definition) is 2. The third-order valence-electron chi connectivity index (χ3n) is 3.95. The molecular weight excluding hydrogens is 437 g/mol. The largest absolute Gasteiger partial charge is 0.352 e. The van der Waals surface area contributed by atoms with Crippen LogP contribution in [0.25, 0.3) is 10.9 Å². The molecule has 3 aromatic rings. The molecule has 0 radical (unpaired) electrons. The monoisotopic (exact) mass is 457 g/mol. The molecule has 132 valence electrons. The number of rotatable bonds is 4. The van der Waals surface area contributed by atoms with Crippen LogP contribution in [-0.2, 0) is 13.1 Å². The van der Waals surface area contributed by atoms with Gasteiger partial charge in [0, 0.05) is 31.7 Å². The van der Waals surface area contributed by atoms with E-state index in [1.807, 2.05) is 54.7 Å². The van der Waals surface area contributed by atoms with E-state index < -0.39 is 0 Å². The fourth-order valence-electron chi connectivity index (χ4n) is 2.59. The van der Waals surface area contributed by atoms with Crippen LogP contribution in [-0.4, -0.2) is 18.0 Å². The Kier molecular flexibility index (Phi) is 7.36. The molecule has 0 bridgehead atoms. The van der Waals surface area contributed by atoms with Crippen molar-refractivity contribution in [2.45, 2.75) is 13.1 Å². The van der Waals surface area contributed by atoms with Gasteiger partial charge in [-0.25, -0.2) is 0 Å². The summed E-state index contributed by atoms with van der Waals surface area (Å²) in [6, 6.07) is 19.7. The number of hydrogen-bond acceptors (Lipinski definition) is 3. The van der Waals surface area contributed by atoms with E-state index in [4.69, 9.17) is 5.26 Å². The smallest absolute Gasteiger partial charge is 0.191 e. The molecular formula is C20H20IN5. The van der Waals surface area contributed by atoms with Crippen LogP contribution in [0.15, 0.2) is 65.8 Å². The predicted molar refractivity (Wildman–Crippen MR) is 115 cm³/mol. The average Bonchev–Trinajstić information content (AvgIpc) is 2.68. The molecule has 0 aliphatic heterocycles. The summed E-state index contributed by atoms with van der Waals surface area (Å²) in [5.74, 6) is 0.727. The summed E-state index contributed by atoms with van der Waals surface area (Å²) < 4.78 is 0. The van der Waals surface area contributed by atoms with Crippen molar-refractivity contribution in [3.8, 4) is 6.07 Å². The molecule has 5 nitrogen and oxygen atoms in total. The zero-order chi connectivity index (χ0) is 17.5. The second kappa shape index (κ2) is 9.73. The highest BCUT2D eigenvalue weighted by Gasteiger charge is 2.03. The number of nitriles is 1. The van der Waals surface area contributed by atoms with Gasteiger partial charge in [-0.15, -0.1) is 24.0 Å². The minimum atomic E-state index is 0. The van der Waals surface area contributed by atoms with Crippen LogP contribution in [0.4, 0.5) is 0 Å². The molecule has 0 spiro atoms. The molecule has 0 amide bonds. The van der Waals surface area contributed by atoms with Gasteiger partial charge in [-0.2, -0.15) is 5.26 Å². The second-order valence-corrected chi connectivity index (χ2v) is 5.58. The lowest BCUT2D eigenvalue weighted by Crippen LogP contribution is -2.36. The van der Waals surface area contributed by atoms with Gasteiger partial charge in [-0.1, -0.05) is 30.3 Å². The Morgan fingerprint density at radius 3 is 2.50 bits per heavy atom. The standard InChI is InChI=1S/C20H19N5.HI/c1-22-20(24-13-16-8-6-15(12-21)7-9-16)25-14-17-10-11-23-19-5-3-2-4-18(17)19;/h2-11H,13-14H2,1H3,(H2,22,24,25);1H. The van der Waals surface area contributed by atoms with E-state index in [0.29, 0.717) is 18.7 Å². The van der Waals surface area contributed by atoms with E-state index in [1.54, 1.807) is 7.05 Å². The highest BCUT2D eigenvalue weighted by Crippen LogP contribution is 2.15. The number of para-hydroxylation sites is 1. The molecule has 0 atom stereocenters. The number of halogens is 1. The molecule has 1 aromatic heterocycles. The fourth-order valence-corrected chi connectivity index (χ4v) is 2.59. The molecule has 0 saturated heterocycles. The number of benzene rings is 2. The molecule has 3 rings (SSSR count). The van der Waals surface area contributed by atoms with Crippen molar-refractivity contribution in [3.63, 3.8) is 0 Å². The quantitative estimate of drug-likeness (QED) is 0.357. The molecule has 1 heterocycles. The summed E-state index contributed by atoms with van der Waals surface area (Å²) in [6.07, 6.45) is 1.83. The first-order valence-electron chi connectivity index (χ1n) is 8.06. The zero-order valence-corrected chi connectivity index (χ0v) is 16.8. The van der Waals surface area contributed by atoms with Crippen molar-refractivity contribution < 1.29 is 0 Å². The van der Waals surface area contributed by atoms with Crippen LogP contribution in [0.5, 0.6) is 0 Å². The summed E-state index contributed by atoms with van der Waals surface area (Å²) >= 11 is 0. The SMILES string of the molecule is CN=C(NCc1ccc(C#N)cc1)NCc1ccnc2ccccc12.I. The van der Waals surface area contributed by atoms with E-state index >= 15 is 0 Å². The van der Waals surface area contributed by atoms with Gasteiger partial charge in [0.05, 0.1) is 17.1 Å². The topological polar surface area (TPSA) is 73.1 Å².